The minimum absolute atomic E-state index is 0.0149. The van der Waals surface area contributed by atoms with Crippen LogP contribution in [0.15, 0.2) is 18.3 Å². The summed E-state index contributed by atoms with van der Waals surface area (Å²) in [4.78, 5) is 13.7. The maximum absolute atomic E-state index is 14.5. The lowest BCUT2D eigenvalue weighted by atomic mass is 9.93. The van der Waals surface area contributed by atoms with Gasteiger partial charge in [0.05, 0.1) is 30.6 Å². The Morgan fingerprint density at radius 2 is 1.94 bits per heavy atom. The van der Waals surface area contributed by atoms with E-state index in [4.69, 9.17) is 9.72 Å². The average Bonchev–Trinajstić information content (AvgIpc) is 3.39. The molecule has 170 valence electrons. The second-order valence-corrected chi connectivity index (χ2v) is 8.58. The Balaban J connectivity index is 1.51. The van der Waals surface area contributed by atoms with E-state index >= 15 is 0 Å². The number of rotatable bonds is 5. The Morgan fingerprint density at radius 1 is 1.12 bits per heavy atom. The van der Waals surface area contributed by atoms with Gasteiger partial charge in [0.1, 0.15) is 17.2 Å². The number of ether oxygens (including phenoxy) is 1. The lowest BCUT2D eigenvalue weighted by Gasteiger charge is -2.26. The molecule has 1 aromatic carbocycles. The van der Waals surface area contributed by atoms with Gasteiger partial charge in [0, 0.05) is 18.7 Å². The van der Waals surface area contributed by atoms with Gasteiger partial charge in [-0.1, -0.05) is 0 Å². The van der Waals surface area contributed by atoms with Gasteiger partial charge in [-0.15, -0.1) is 0 Å². The van der Waals surface area contributed by atoms with E-state index < -0.39 is 11.6 Å². The number of benzene rings is 1. The van der Waals surface area contributed by atoms with Gasteiger partial charge in [-0.2, -0.15) is 4.98 Å². The monoisotopic (exact) mass is 444 g/mol. The molecule has 32 heavy (non-hydrogen) atoms. The lowest BCUT2D eigenvalue weighted by Crippen LogP contribution is -2.29. The molecular formula is C22H26F2N6O2. The highest BCUT2D eigenvalue weighted by Crippen LogP contribution is 2.32. The fraction of sp³-hybridized carbons (Fsp3) is 0.500. The Bertz CT molecular complexity index is 1100. The minimum Gasteiger partial charge on any atom is -0.393 e. The molecule has 3 heterocycles. The van der Waals surface area contributed by atoms with Crippen molar-refractivity contribution in [2.75, 3.05) is 23.8 Å². The third kappa shape index (κ3) is 4.12. The van der Waals surface area contributed by atoms with E-state index in [1.165, 1.54) is 6.07 Å². The van der Waals surface area contributed by atoms with Gasteiger partial charge in [0.15, 0.2) is 5.65 Å². The van der Waals surface area contributed by atoms with Gasteiger partial charge in [-0.25, -0.2) is 18.7 Å². The molecule has 2 aromatic heterocycles. The highest BCUT2D eigenvalue weighted by Gasteiger charge is 2.26. The first-order valence-electron chi connectivity index (χ1n) is 11.0. The van der Waals surface area contributed by atoms with Crippen molar-refractivity contribution in [1.29, 1.82) is 0 Å². The highest BCUT2D eigenvalue weighted by atomic mass is 19.1. The molecule has 1 saturated heterocycles. The van der Waals surface area contributed by atoms with Crippen molar-refractivity contribution in [3.05, 3.63) is 35.5 Å². The van der Waals surface area contributed by atoms with E-state index in [0.29, 0.717) is 41.8 Å². The van der Waals surface area contributed by atoms with E-state index in [-0.39, 0.29) is 23.9 Å². The molecular weight excluding hydrogens is 418 g/mol. The van der Waals surface area contributed by atoms with Crippen molar-refractivity contribution in [1.82, 2.24) is 19.5 Å². The molecule has 1 aliphatic heterocycles. The number of aliphatic hydroxyl groups is 1. The van der Waals surface area contributed by atoms with Crippen molar-refractivity contribution >= 4 is 28.7 Å². The van der Waals surface area contributed by atoms with Crippen LogP contribution in [0, 0.1) is 18.6 Å². The average molecular weight is 444 g/mol. The van der Waals surface area contributed by atoms with Crippen molar-refractivity contribution < 1.29 is 18.6 Å². The first kappa shape index (κ1) is 21.0. The van der Waals surface area contributed by atoms with Crippen LogP contribution in [0.3, 0.4) is 0 Å². The first-order chi connectivity index (χ1) is 15.5. The van der Waals surface area contributed by atoms with Crippen molar-refractivity contribution in [3.63, 3.8) is 0 Å². The molecule has 1 aliphatic carbocycles. The molecule has 10 heteroatoms. The van der Waals surface area contributed by atoms with Crippen LogP contribution in [-0.2, 0) is 4.74 Å². The van der Waals surface area contributed by atoms with Crippen LogP contribution in [-0.4, -0.2) is 50.0 Å². The summed E-state index contributed by atoms with van der Waals surface area (Å²) in [5, 5.41) is 16.1. The third-order valence-corrected chi connectivity index (χ3v) is 6.22. The molecule has 1 saturated carbocycles. The predicted octanol–water partition coefficient (Wildman–Crippen LogP) is 3.83. The number of aromatic nitrogens is 4. The molecule has 0 bridgehead atoms. The van der Waals surface area contributed by atoms with E-state index in [2.05, 4.69) is 20.6 Å². The number of halogens is 2. The number of aryl methyl sites for hydroxylation is 1. The Kier molecular flexibility index (Phi) is 5.64. The molecule has 2 fully saturated rings. The molecule has 3 aromatic rings. The summed E-state index contributed by atoms with van der Waals surface area (Å²) in [5.41, 5.74) is 1.81. The maximum Gasteiger partial charge on any atom is 0.224 e. The van der Waals surface area contributed by atoms with Gasteiger partial charge in [-0.05, 0) is 50.7 Å². The van der Waals surface area contributed by atoms with E-state index in [0.717, 1.165) is 38.2 Å². The molecule has 2 aliphatic rings. The van der Waals surface area contributed by atoms with E-state index in [1.807, 2.05) is 4.57 Å². The number of nitrogens with zero attached hydrogens (tertiary/aromatic N) is 4. The Labute approximate surface area is 184 Å². The second kappa shape index (κ2) is 8.59. The van der Waals surface area contributed by atoms with E-state index in [1.54, 1.807) is 13.1 Å². The topological polar surface area (TPSA) is 97.1 Å². The number of fused-ring (bicyclic) bond motifs is 1. The van der Waals surface area contributed by atoms with Crippen LogP contribution in [0.25, 0.3) is 11.2 Å². The van der Waals surface area contributed by atoms with Crippen LogP contribution < -0.4 is 10.6 Å². The number of anilines is 3. The summed E-state index contributed by atoms with van der Waals surface area (Å²) >= 11 is 0. The smallest absolute Gasteiger partial charge is 0.224 e. The SMILES string of the molecule is Cc1cc(F)cc(F)c1Nc1nc2cnc(NC3CCC(O)CC3)nc2n1[C@H]1CCOC1. The van der Waals surface area contributed by atoms with Crippen molar-refractivity contribution in [3.8, 4) is 0 Å². The first-order valence-corrected chi connectivity index (χ1v) is 11.0. The summed E-state index contributed by atoms with van der Waals surface area (Å²) in [6, 6.07) is 2.32. The summed E-state index contributed by atoms with van der Waals surface area (Å²) in [5.74, 6) is -0.400. The van der Waals surface area contributed by atoms with Crippen LogP contribution >= 0.6 is 0 Å². The number of hydrogen-bond acceptors (Lipinski definition) is 7. The Morgan fingerprint density at radius 3 is 2.66 bits per heavy atom. The van der Waals surface area contributed by atoms with Crippen LogP contribution in [0.5, 0.6) is 0 Å². The summed E-state index contributed by atoms with van der Waals surface area (Å²) in [7, 11) is 0. The number of nitrogens with one attached hydrogen (secondary N) is 2. The summed E-state index contributed by atoms with van der Waals surface area (Å²) < 4.78 is 35.5. The van der Waals surface area contributed by atoms with Gasteiger partial charge < -0.3 is 20.5 Å². The third-order valence-electron chi connectivity index (χ3n) is 6.22. The quantitative estimate of drug-likeness (QED) is 0.550. The number of imidazole rings is 1. The second-order valence-electron chi connectivity index (χ2n) is 8.58. The van der Waals surface area contributed by atoms with E-state index in [9.17, 15) is 13.9 Å². The molecule has 0 spiro atoms. The summed E-state index contributed by atoms with van der Waals surface area (Å²) in [6.45, 7) is 2.76. The number of hydrogen-bond donors (Lipinski definition) is 3. The van der Waals surface area contributed by atoms with Crippen molar-refractivity contribution in [2.45, 2.75) is 57.2 Å². The predicted molar refractivity (Wildman–Crippen MR) is 116 cm³/mol. The van der Waals surface area contributed by atoms with Gasteiger partial charge in [0.25, 0.3) is 0 Å². The zero-order valence-corrected chi connectivity index (χ0v) is 17.8. The largest absolute Gasteiger partial charge is 0.393 e. The van der Waals surface area contributed by atoms with Gasteiger partial charge in [0.2, 0.25) is 11.9 Å². The number of aliphatic hydroxyl groups excluding tert-OH is 1. The Hall–Kier alpha value is -2.85. The molecule has 5 rings (SSSR count). The molecule has 0 amide bonds. The van der Waals surface area contributed by atoms with Gasteiger partial charge >= 0.3 is 0 Å². The maximum atomic E-state index is 14.5. The van der Waals surface area contributed by atoms with Gasteiger partial charge in [-0.3, -0.25) is 4.57 Å². The molecule has 0 radical (unpaired) electrons. The van der Waals surface area contributed by atoms with Crippen LogP contribution in [0.2, 0.25) is 0 Å². The summed E-state index contributed by atoms with van der Waals surface area (Å²) in [6.07, 6.45) is 5.42. The molecule has 0 unspecified atom stereocenters. The molecule has 8 nitrogen and oxygen atoms in total. The highest BCUT2D eigenvalue weighted by molar-refractivity contribution is 5.77. The molecule has 3 N–H and O–H groups in total. The zero-order chi connectivity index (χ0) is 22.2. The normalized spacial score (nSPS) is 23.6. The minimum atomic E-state index is -0.684. The van der Waals surface area contributed by atoms with Crippen molar-refractivity contribution in [2.24, 2.45) is 0 Å². The lowest BCUT2D eigenvalue weighted by molar-refractivity contribution is 0.126. The zero-order valence-electron chi connectivity index (χ0n) is 17.8. The van der Waals surface area contributed by atoms with Crippen LogP contribution in [0.1, 0.15) is 43.7 Å². The fourth-order valence-corrected chi connectivity index (χ4v) is 4.50. The molecule has 1 atom stereocenters. The fourth-order valence-electron chi connectivity index (χ4n) is 4.50. The van der Waals surface area contributed by atoms with Crippen LogP contribution in [0.4, 0.5) is 26.4 Å². The standard InChI is InChI=1S/C22H26F2N6O2/c1-12-8-13(23)9-17(24)19(12)28-22-27-18-10-25-21(26-14-2-4-16(31)5-3-14)29-20(18)30(22)15-6-7-32-11-15/h8-10,14-16,31H,2-7,11H2,1H3,(H,27,28)(H,25,26,29)/t14?,15-,16?/m0/s1.